The van der Waals surface area contributed by atoms with Crippen LogP contribution in [0.3, 0.4) is 0 Å². The second-order valence-corrected chi connectivity index (χ2v) is 11.8. The number of pyridine rings is 2. The van der Waals surface area contributed by atoms with Crippen LogP contribution in [0.1, 0.15) is 73.8 Å². The first-order chi connectivity index (χ1) is 20.2. The molecule has 1 aromatic carbocycles. The Kier molecular flexibility index (Phi) is 8.91. The van der Waals surface area contributed by atoms with Crippen molar-refractivity contribution >= 4 is 17.2 Å². The first-order valence-corrected chi connectivity index (χ1v) is 15.1. The van der Waals surface area contributed by atoms with Gasteiger partial charge in [-0.1, -0.05) is 26.8 Å². The van der Waals surface area contributed by atoms with Crippen LogP contribution in [0.4, 0.5) is 13.2 Å². The lowest BCUT2D eigenvalue weighted by atomic mass is 9.98. The van der Waals surface area contributed by atoms with Gasteiger partial charge in [-0.15, -0.1) is 11.3 Å². The van der Waals surface area contributed by atoms with Crippen LogP contribution < -0.4 is 5.56 Å². The largest absolute Gasteiger partial charge is 0.339 e. The van der Waals surface area contributed by atoms with Crippen LogP contribution in [-0.4, -0.2) is 38.4 Å². The molecule has 0 aliphatic carbocycles. The van der Waals surface area contributed by atoms with Gasteiger partial charge in [0.1, 0.15) is 16.5 Å². The van der Waals surface area contributed by atoms with Crippen molar-refractivity contribution in [3.8, 4) is 27.5 Å². The third-order valence-corrected chi connectivity index (χ3v) is 8.36. The van der Waals surface area contributed by atoms with Crippen LogP contribution in [0.2, 0.25) is 0 Å². The van der Waals surface area contributed by atoms with E-state index < -0.39 is 17.8 Å². The smallest absolute Gasteiger partial charge is 0.280 e. The number of aromatic nitrogens is 3. The maximum absolute atomic E-state index is 14.7. The van der Waals surface area contributed by atoms with E-state index in [2.05, 4.69) is 9.97 Å². The van der Waals surface area contributed by atoms with Gasteiger partial charge in [-0.25, -0.2) is 18.2 Å². The number of carbonyl (C=O) groups is 1. The molecule has 0 radical (unpaired) electrons. The number of carbonyl (C=O) groups excluding carboxylic acids is 1. The minimum absolute atomic E-state index is 0.114. The molecule has 6 nitrogen and oxygen atoms in total. The fraction of sp³-hybridized carbons (Fsp3) is 0.375. The van der Waals surface area contributed by atoms with Crippen molar-refractivity contribution in [2.75, 3.05) is 13.1 Å². The van der Waals surface area contributed by atoms with Crippen molar-refractivity contribution in [1.29, 1.82) is 0 Å². The van der Waals surface area contributed by atoms with Crippen molar-refractivity contribution < 1.29 is 18.0 Å². The zero-order valence-electron chi connectivity index (χ0n) is 23.9. The average Bonchev–Trinajstić information content (AvgIpc) is 3.47. The van der Waals surface area contributed by atoms with E-state index in [-0.39, 0.29) is 23.1 Å². The molecule has 1 aliphatic heterocycles. The number of hydrogen-bond donors (Lipinski definition) is 0. The molecular weight excluding hydrogens is 561 g/mol. The number of nitrogens with zero attached hydrogens (tertiary/aromatic N) is 4. The third kappa shape index (κ3) is 6.04. The Morgan fingerprint density at radius 3 is 2.48 bits per heavy atom. The average molecular weight is 595 g/mol. The van der Waals surface area contributed by atoms with Gasteiger partial charge in [0, 0.05) is 35.9 Å². The molecule has 1 aliphatic rings. The summed E-state index contributed by atoms with van der Waals surface area (Å²) in [5, 5.41) is 2.10. The summed E-state index contributed by atoms with van der Waals surface area (Å²) in [5.41, 5.74) is 2.66. The molecule has 0 N–H and O–H groups in total. The first kappa shape index (κ1) is 29.7. The molecule has 4 aromatic rings. The standard InChI is InChI=1S/C32H33F3N4O2S/c1-4-20-8-10-22(33)15-27(20)39-28(14-19(2)3)23(31(40)38-12-6-5-7-13-38)16-24(32(39)41)30-37-26(18-42-30)21-9-11-25(29(34)35)36-17-21/h8-11,15-19,29H,4-7,12-14H2,1-3H3. The Balaban J connectivity index is 1.74. The maximum atomic E-state index is 14.7. The fourth-order valence-electron chi connectivity index (χ4n) is 5.36. The van der Waals surface area contributed by atoms with E-state index in [0.717, 1.165) is 24.8 Å². The van der Waals surface area contributed by atoms with E-state index in [1.807, 2.05) is 25.7 Å². The predicted molar refractivity (Wildman–Crippen MR) is 159 cm³/mol. The second-order valence-electron chi connectivity index (χ2n) is 10.9. The first-order valence-electron chi connectivity index (χ1n) is 14.2. The van der Waals surface area contributed by atoms with E-state index >= 15 is 0 Å². The molecule has 5 rings (SSSR count). The number of amides is 1. The highest BCUT2D eigenvalue weighted by Gasteiger charge is 2.28. The van der Waals surface area contributed by atoms with Crippen LogP contribution in [0.25, 0.3) is 27.5 Å². The highest BCUT2D eigenvalue weighted by molar-refractivity contribution is 7.13. The van der Waals surface area contributed by atoms with E-state index in [9.17, 15) is 22.8 Å². The van der Waals surface area contributed by atoms with E-state index in [4.69, 9.17) is 0 Å². The monoisotopic (exact) mass is 594 g/mol. The van der Waals surface area contributed by atoms with Gasteiger partial charge in [-0.2, -0.15) is 0 Å². The summed E-state index contributed by atoms with van der Waals surface area (Å²) in [7, 11) is 0. The molecule has 0 atom stereocenters. The van der Waals surface area contributed by atoms with Crippen molar-refractivity contribution in [1.82, 2.24) is 19.4 Å². The minimum atomic E-state index is -2.68. The van der Waals surface area contributed by atoms with Gasteiger partial charge in [0.2, 0.25) is 0 Å². The zero-order valence-corrected chi connectivity index (χ0v) is 24.7. The summed E-state index contributed by atoms with van der Waals surface area (Å²) >= 11 is 1.22. The number of thiazole rings is 1. The molecule has 1 saturated heterocycles. The van der Waals surface area contributed by atoms with Crippen LogP contribution in [0.15, 0.2) is 52.8 Å². The van der Waals surface area contributed by atoms with Crippen molar-refractivity contribution in [2.45, 2.75) is 59.3 Å². The number of aryl methyl sites for hydroxylation is 1. The lowest BCUT2D eigenvalue weighted by Gasteiger charge is -2.29. The lowest BCUT2D eigenvalue weighted by Crippen LogP contribution is -2.38. The number of likely N-dealkylation sites (tertiary alicyclic amines) is 1. The number of halogens is 3. The summed E-state index contributed by atoms with van der Waals surface area (Å²) in [5.74, 6) is -0.517. The van der Waals surface area contributed by atoms with Crippen LogP contribution in [0.5, 0.6) is 0 Å². The van der Waals surface area contributed by atoms with Crippen molar-refractivity contribution in [3.63, 3.8) is 0 Å². The van der Waals surface area contributed by atoms with Gasteiger partial charge in [-0.3, -0.25) is 19.1 Å². The van der Waals surface area contributed by atoms with Gasteiger partial charge in [-0.05, 0) is 73.9 Å². The Morgan fingerprint density at radius 1 is 1.07 bits per heavy atom. The number of alkyl halides is 2. The molecule has 220 valence electrons. The van der Waals surface area contributed by atoms with Gasteiger partial charge in [0.05, 0.1) is 22.5 Å². The lowest BCUT2D eigenvalue weighted by molar-refractivity contribution is 0.0722. The van der Waals surface area contributed by atoms with Crippen LogP contribution in [0, 0.1) is 11.7 Å². The van der Waals surface area contributed by atoms with E-state index in [1.165, 1.54) is 46.4 Å². The van der Waals surface area contributed by atoms with Crippen molar-refractivity contribution in [2.24, 2.45) is 5.92 Å². The summed E-state index contributed by atoms with van der Waals surface area (Å²) < 4.78 is 42.2. The predicted octanol–water partition coefficient (Wildman–Crippen LogP) is 7.49. The quantitative estimate of drug-likeness (QED) is 0.212. The zero-order chi connectivity index (χ0) is 30.0. The highest BCUT2D eigenvalue weighted by Crippen LogP contribution is 2.31. The fourth-order valence-corrected chi connectivity index (χ4v) is 6.20. The summed E-state index contributed by atoms with van der Waals surface area (Å²) in [6.45, 7) is 7.25. The van der Waals surface area contributed by atoms with E-state index in [0.29, 0.717) is 59.1 Å². The SMILES string of the molecule is CCc1ccc(F)cc1-n1c(CC(C)C)c(C(=O)N2CCCCC2)cc(-c2nc(-c3ccc(C(F)F)nc3)cs2)c1=O. The number of rotatable bonds is 8. The Labute approximate surface area is 246 Å². The number of hydrogen-bond acceptors (Lipinski definition) is 5. The molecule has 1 amide bonds. The van der Waals surface area contributed by atoms with Crippen molar-refractivity contribution in [3.05, 3.63) is 86.7 Å². The molecule has 0 spiro atoms. The van der Waals surface area contributed by atoms with Gasteiger partial charge >= 0.3 is 0 Å². The molecule has 42 heavy (non-hydrogen) atoms. The Bertz CT molecular complexity index is 1640. The maximum Gasteiger partial charge on any atom is 0.280 e. The van der Waals surface area contributed by atoms with Crippen LogP contribution >= 0.6 is 11.3 Å². The molecule has 10 heteroatoms. The normalized spacial score (nSPS) is 13.8. The van der Waals surface area contributed by atoms with Gasteiger partial charge in [0.15, 0.2) is 0 Å². The number of piperidine rings is 1. The minimum Gasteiger partial charge on any atom is -0.339 e. The van der Waals surface area contributed by atoms with Crippen LogP contribution in [-0.2, 0) is 12.8 Å². The molecule has 0 unspecified atom stereocenters. The Morgan fingerprint density at radius 2 is 1.83 bits per heavy atom. The summed E-state index contributed by atoms with van der Waals surface area (Å²) in [6.07, 6.45) is 2.54. The Hall–Kier alpha value is -3.79. The second kappa shape index (κ2) is 12.6. The third-order valence-electron chi connectivity index (χ3n) is 7.49. The summed E-state index contributed by atoms with van der Waals surface area (Å²) in [6, 6.07) is 8.80. The van der Waals surface area contributed by atoms with Gasteiger partial charge < -0.3 is 4.90 Å². The van der Waals surface area contributed by atoms with Gasteiger partial charge in [0.25, 0.3) is 17.9 Å². The highest BCUT2D eigenvalue weighted by atomic mass is 32.1. The topological polar surface area (TPSA) is 68.1 Å². The molecule has 4 heterocycles. The molecule has 0 saturated carbocycles. The van der Waals surface area contributed by atoms with E-state index in [1.54, 1.807) is 17.5 Å². The summed E-state index contributed by atoms with van der Waals surface area (Å²) in [4.78, 5) is 38.7. The molecule has 1 fully saturated rings. The molecule has 3 aromatic heterocycles. The molecular formula is C32H33F3N4O2S. The molecule has 0 bridgehead atoms. The number of benzene rings is 1.